The first-order valence-corrected chi connectivity index (χ1v) is 9.25. The molecule has 0 heterocycles. The van der Waals surface area contributed by atoms with Crippen molar-refractivity contribution in [2.75, 3.05) is 19.0 Å². The zero-order chi connectivity index (χ0) is 19.1. The molecule has 7 heteroatoms. The van der Waals surface area contributed by atoms with E-state index in [0.717, 1.165) is 43.0 Å². The predicted octanol–water partition coefficient (Wildman–Crippen LogP) is 3.69. The van der Waals surface area contributed by atoms with Gasteiger partial charge in [0.2, 0.25) is 0 Å². The molecule has 0 aromatic heterocycles. The molecule has 2 amide bonds. The summed E-state index contributed by atoms with van der Waals surface area (Å²) in [6.07, 6.45) is 6.61. The maximum atomic E-state index is 12.1. The number of amides is 2. The molecule has 1 fully saturated rings. The molecule has 1 saturated carbocycles. The summed E-state index contributed by atoms with van der Waals surface area (Å²) in [5.41, 5.74) is 2.42. The van der Waals surface area contributed by atoms with Gasteiger partial charge in [0, 0.05) is 13.1 Å². The second-order valence-electron chi connectivity index (χ2n) is 6.73. The van der Waals surface area contributed by atoms with Crippen molar-refractivity contribution in [2.24, 2.45) is 5.16 Å². The van der Waals surface area contributed by atoms with E-state index in [9.17, 15) is 9.59 Å². The summed E-state index contributed by atoms with van der Waals surface area (Å²) in [5.74, 6) is -0.598. The first-order valence-electron chi connectivity index (χ1n) is 8.87. The van der Waals surface area contributed by atoms with Gasteiger partial charge in [-0.25, -0.2) is 0 Å². The van der Waals surface area contributed by atoms with E-state index in [1.165, 1.54) is 6.42 Å². The van der Waals surface area contributed by atoms with Gasteiger partial charge in [0.25, 0.3) is 11.8 Å². The van der Waals surface area contributed by atoms with Crippen LogP contribution in [0.5, 0.6) is 0 Å². The van der Waals surface area contributed by atoms with Gasteiger partial charge in [-0.3, -0.25) is 9.59 Å². The van der Waals surface area contributed by atoms with Crippen LogP contribution >= 0.6 is 11.6 Å². The van der Waals surface area contributed by atoms with Crippen molar-refractivity contribution in [2.45, 2.75) is 52.0 Å². The van der Waals surface area contributed by atoms with Crippen LogP contribution in [-0.2, 0) is 14.4 Å². The molecule has 142 valence electrons. The van der Waals surface area contributed by atoms with Gasteiger partial charge in [0.1, 0.15) is 6.21 Å². The predicted molar refractivity (Wildman–Crippen MR) is 104 cm³/mol. The highest BCUT2D eigenvalue weighted by Gasteiger charge is 2.22. The maximum absolute atomic E-state index is 12.1. The van der Waals surface area contributed by atoms with Gasteiger partial charge in [-0.1, -0.05) is 42.1 Å². The van der Waals surface area contributed by atoms with Gasteiger partial charge >= 0.3 is 0 Å². The van der Waals surface area contributed by atoms with Gasteiger partial charge in [0.15, 0.2) is 6.61 Å². The molecule has 0 atom stereocenters. The number of nitrogens with zero attached hydrogens (tertiary/aromatic N) is 2. The SMILES string of the molecule is Cc1cc(C)c(NC(=O)C=NOCC(=O)N(C)C2CCCCC2)c(Cl)c1. The van der Waals surface area contributed by atoms with Crippen LogP contribution in [0, 0.1) is 13.8 Å². The minimum absolute atomic E-state index is 0.133. The second kappa shape index (κ2) is 9.57. The van der Waals surface area contributed by atoms with Crippen LogP contribution < -0.4 is 5.32 Å². The quantitative estimate of drug-likeness (QED) is 0.605. The van der Waals surface area contributed by atoms with Gasteiger partial charge in [-0.05, 0) is 43.9 Å². The third-order valence-electron chi connectivity index (χ3n) is 4.63. The van der Waals surface area contributed by atoms with E-state index >= 15 is 0 Å². The number of likely N-dealkylation sites (N-methyl/N-ethyl adjacent to an activating group) is 1. The molecule has 0 bridgehead atoms. The fourth-order valence-electron chi connectivity index (χ4n) is 3.18. The first-order chi connectivity index (χ1) is 12.4. The van der Waals surface area contributed by atoms with E-state index in [4.69, 9.17) is 16.4 Å². The summed E-state index contributed by atoms with van der Waals surface area (Å²) in [6.45, 7) is 3.62. The fraction of sp³-hybridized carbons (Fsp3) is 0.526. The Labute approximate surface area is 159 Å². The Kier molecular flexibility index (Phi) is 7.45. The van der Waals surface area contributed by atoms with Crippen LogP contribution in [0.2, 0.25) is 5.02 Å². The first kappa shape index (κ1) is 20.2. The number of aryl methyl sites for hydroxylation is 2. The van der Waals surface area contributed by atoms with Crippen molar-refractivity contribution in [3.05, 3.63) is 28.3 Å². The molecule has 2 rings (SSSR count). The van der Waals surface area contributed by atoms with E-state index in [0.29, 0.717) is 10.7 Å². The molecule has 6 nitrogen and oxygen atoms in total. The lowest BCUT2D eigenvalue weighted by Gasteiger charge is -2.30. The van der Waals surface area contributed by atoms with Crippen LogP contribution in [0.15, 0.2) is 17.3 Å². The van der Waals surface area contributed by atoms with Crippen molar-refractivity contribution in [3.63, 3.8) is 0 Å². The normalized spacial score (nSPS) is 15.1. The molecule has 1 aliphatic carbocycles. The van der Waals surface area contributed by atoms with Crippen LogP contribution in [0.3, 0.4) is 0 Å². The molecule has 1 aromatic carbocycles. The van der Waals surface area contributed by atoms with Crippen molar-refractivity contribution in [1.82, 2.24) is 4.90 Å². The highest BCUT2D eigenvalue weighted by Crippen LogP contribution is 2.27. The molecular weight excluding hydrogens is 354 g/mol. The minimum atomic E-state index is -0.466. The van der Waals surface area contributed by atoms with Gasteiger partial charge in [-0.2, -0.15) is 0 Å². The van der Waals surface area contributed by atoms with E-state index in [1.807, 2.05) is 19.9 Å². The number of carbonyl (C=O) groups excluding carboxylic acids is 2. The van der Waals surface area contributed by atoms with Gasteiger partial charge in [0.05, 0.1) is 10.7 Å². The van der Waals surface area contributed by atoms with E-state index in [1.54, 1.807) is 18.0 Å². The molecule has 26 heavy (non-hydrogen) atoms. The standard InChI is InChI=1S/C19H26ClN3O3/c1-13-9-14(2)19(16(20)10-13)22-17(24)11-21-26-12-18(25)23(3)15-7-5-4-6-8-15/h9-11,15H,4-8,12H2,1-3H3,(H,22,24). The van der Waals surface area contributed by atoms with Gasteiger partial charge in [-0.15, -0.1) is 0 Å². The number of oxime groups is 1. The number of rotatable bonds is 6. The lowest BCUT2D eigenvalue weighted by atomic mass is 9.94. The van der Waals surface area contributed by atoms with Crippen LogP contribution in [0.25, 0.3) is 0 Å². The zero-order valence-electron chi connectivity index (χ0n) is 15.5. The molecule has 1 aliphatic rings. The Morgan fingerprint density at radius 2 is 2.00 bits per heavy atom. The van der Waals surface area contributed by atoms with E-state index in [2.05, 4.69) is 10.5 Å². The largest absolute Gasteiger partial charge is 0.386 e. The van der Waals surface area contributed by atoms with Crippen molar-refractivity contribution in [3.8, 4) is 0 Å². The van der Waals surface area contributed by atoms with Crippen molar-refractivity contribution < 1.29 is 14.4 Å². The number of nitrogens with one attached hydrogen (secondary N) is 1. The lowest BCUT2D eigenvalue weighted by molar-refractivity contribution is -0.137. The molecular formula is C19H26ClN3O3. The number of benzene rings is 1. The Morgan fingerprint density at radius 1 is 1.31 bits per heavy atom. The summed E-state index contributed by atoms with van der Waals surface area (Å²) in [5, 5.41) is 6.72. The van der Waals surface area contributed by atoms with E-state index < -0.39 is 5.91 Å². The lowest BCUT2D eigenvalue weighted by Crippen LogP contribution is -2.40. The number of halogens is 1. The minimum Gasteiger partial charge on any atom is -0.386 e. The summed E-state index contributed by atoms with van der Waals surface area (Å²) in [4.78, 5) is 30.7. The molecule has 1 N–H and O–H groups in total. The van der Waals surface area contributed by atoms with Crippen LogP contribution in [-0.4, -0.2) is 42.6 Å². The third-order valence-corrected chi connectivity index (χ3v) is 4.93. The molecule has 0 unspecified atom stereocenters. The van der Waals surface area contributed by atoms with Crippen LogP contribution in [0.1, 0.15) is 43.2 Å². The fourth-order valence-corrected chi connectivity index (χ4v) is 3.55. The topological polar surface area (TPSA) is 71.0 Å². The Morgan fingerprint density at radius 3 is 2.65 bits per heavy atom. The van der Waals surface area contributed by atoms with E-state index in [-0.39, 0.29) is 18.6 Å². The summed E-state index contributed by atoms with van der Waals surface area (Å²) in [7, 11) is 1.79. The third kappa shape index (κ3) is 5.73. The molecule has 1 aromatic rings. The smallest absolute Gasteiger partial charge is 0.270 e. The number of carbonyl (C=O) groups is 2. The average molecular weight is 380 g/mol. The number of hydrogen-bond acceptors (Lipinski definition) is 4. The van der Waals surface area contributed by atoms with Gasteiger partial charge < -0.3 is 15.1 Å². The van der Waals surface area contributed by atoms with Crippen LogP contribution in [0.4, 0.5) is 5.69 Å². The maximum Gasteiger partial charge on any atom is 0.270 e. The van der Waals surface area contributed by atoms with Crippen molar-refractivity contribution in [1.29, 1.82) is 0 Å². The average Bonchev–Trinajstić information content (AvgIpc) is 2.61. The molecule has 0 saturated heterocycles. The zero-order valence-corrected chi connectivity index (χ0v) is 16.3. The Hall–Kier alpha value is -2.08. The highest BCUT2D eigenvalue weighted by atomic mass is 35.5. The summed E-state index contributed by atoms with van der Waals surface area (Å²) >= 11 is 6.15. The molecule has 0 aliphatic heterocycles. The summed E-state index contributed by atoms with van der Waals surface area (Å²) < 4.78 is 0. The monoisotopic (exact) mass is 379 g/mol. The van der Waals surface area contributed by atoms with Crippen molar-refractivity contribution >= 4 is 35.3 Å². The Balaban J connectivity index is 1.79. The molecule has 0 radical (unpaired) electrons. The number of anilines is 1. The molecule has 0 spiro atoms. The number of hydrogen-bond donors (Lipinski definition) is 1. The highest BCUT2D eigenvalue weighted by molar-refractivity contribution is 6.37. The Bertz CT molecular complexity index is 662. The summed E-state index contributed by atoms with van der Waals surface area (Å²) in [6, 6.07) is 3.98. The second-order valence-corrected chi connectivity index (χ2v) is 7.14.